The third-order valence-corrected chi connectivity index (χ3v) is 4.98. The summed E-state index contributed by atoms with van der Waals surface area (Å²) in [6.45, 7) is 0. The van der Waals surface area contributed by atoms with Gasteiger partial charge in [0.15, 0.2) is 5.09 Å². The van der Waals surface area contributed by atoms with E-state index in [1.54, 1.807) is 18.0 Å². The first-order valence-electron chi connectivity index (χ1n) is 8.52. The van der Waals surface area contributed by atoms with Gasteiger partial charge >= 0.3 is 0 Å². The molecule has 0 spiro atoms. The first-order valence-corrected chi connectivity index (χ1v) is 9.34. The fourth-order valence-corrected chi connectivity index (χ4v) is 3.67. The largest absolute Gasteiger partial charge is 0.458 e. The van der Waals surface area contributed by atoms with Gasteiger partial charge in [0.25, 0.3) is 0 Å². The maximum absolute atomic E-state index is 5.44. The summed E-state index contributed by atoms with van der Waals surface area (Å²) in [7, 11) is 0. The molecule has 0 radical (unpaired) electrons. The van der Waals surface area contributed by atoms with Gasteiger partial charge in [0, 0.05) is 4.90 Å². The Labute approximate surface area is 158 Å². The molecule has 2 heteroatoms. The van der Waals surface area contributed by atoms with E-state index in [1.165, 1.54) is 22.3 Å². The average Bonchev–Trinajstić information content (AvgIpc) is 3.21. The molecule has 0 saturated heterocycles. The Hall–Kier alpha value is -2.97. The molecule has 0 aliphatic carbocycles. The molecule has 4 aromatic rings. The first kappa shape index (κ1) is 16.5. The van der Waals surface area contributed by atoms with Crippen molar-refractivity contribution in [3.8, 4) is 0 Å². The zero-order valence-electron chi connectivity index (χ0n) is 14.2. The molecule has 0 amide bonds. The van der Waals surface area contributed by atoms with E-state index in [2.05, 4.69) is 78.9 Å². The van der Waals surface area contributed by atoms with Gasteiger partial charge in [-0.25, -0.2) is 0 Å². The predicted octanol–water partition coefficient (Wildman–Crippen LogP) is 7.02. The minimum Gasteiger partial charge on any atom is -0.458 e. The Morgan fingerprint density at radius 3 is 2.00 bits per heavy atom. The summed E-state index contributed by atoms with van der Waals surface area (Å²) in [5.41, 5.74) is 4.81. The van der Waals surface area contributed by atoms with Crippen molar-refractivity contribution in [3.05, 3.63) is 120 Å². The lowest BCUT2D eigenvalue weighted by molar-refractivity contribution is 0.474. The van der Waals surface area contributed by atoms with Crippen LogP contribution < -0.4 is 0 Å². The molecule has 0 bridgehead atoms. The topological polar surface area (TPSA) is 13.1 Å². The second-order valence-electron chi connectivity index (χ2n) is 5.90. The minimum absolute atomic E-state index is 0.900. The van der Waals surface area contributed by atoms with Crippen molar-refractivity contribution in [2.45, 2.75) is 9.99 Å². The molecule has 26 heavy (non-hydrogen) atoms. The van der Waals surface area contributed by atoms with Gasteiger partial charge < -0.3 is 4.42 Å². The monoisotopic (exact) mass is 354 g/mol. The lowest BCUT2D eigenvalue weighted by Gasteiger charge is -2.09. The smallest absolute Gasteiger partial charge is 0.164 e. The average molecular weight is 354 g/mol. The number of hydrogen-bond donors (Lipinski definition) is 0. The van der Waals surface area contributed by atoms with Crippen LogP contribution in [0, 0.1) is 0 Å². The van der Waals surface area contributed by atoms with E-state index in [0.29, 0.717) is 0 Å². The third-order valence-electron chi connectivity index (χ3n) is 4.05. The molecule has 0 aliphatic heterocycles. The maximum Gasteiger partial charge on any atom is 0.164 e. The van der Waals surface area contributed by atoms with E-state index in [9.17, 15) is 0 Å². The summed E-state index contributed by atoms with van der Waals surface area (Å²) in [6, 6.07) is 33.4. The molecule has 0 N–H and O–H groups in total. The van der Waals surface area contributed by atoms with Crippen molar-refractivity contribution >= 4 is 23.4 Å². The molecule has 0 aliphatic rings. The molecular weight excluding hydrogens is 336 g/mol. The summed E-state index contributed by atoms with van der Waals surface area (Å²) >= 11 is 1.63. The van der Waals surface area contributed by atoms with Crippen molar-refractivity contribution in [3.63, 3.8) is 0 Å². The van der Waals surface area contributed by atoms with Gasteiger partial charge in [-0.2, -0.15) is 0 Å². The van der Waals surface area contributed by atoms with Gasteiger partial charge in [0.2, 0.25) is 0 Å². The molecule has 0 atom stereocenters. The predicted molar refractivity (Wildman–Crippen MR) is 109 cm³/mol. The van der Waals surface area contributed by atoms with Crippen LogP contribution in [0.5, 0.6) is 0 Å². The fraction of sp³-hybridized carbons (Fsp3) is 0. The standard InChI is InChI=1S/C24H18OS/c1-3-10-20(11-4-1)23(21-12-5-2-6-13-21)18-19-9-7-14-22(17-19)26-24-15-8-16-25-24/h1-18H. The summed E-state index contributed by atoms with van der Waals surface area (Å²) in [5.74, 6) is 0. The van der Waals surface area contributed by atoms with E-state index < -0.39 is 0 Å². The zero-order valence-corrected chi connectivity index (χ0v) is 15.0. The SMILES string of the molecule is C(=C(c1ccccc1)c1ccccc1)c1cccc(Sc2ccco2)c1. The van der Waals surface area contributed by atoms with Gasteiger partial charge in [-0.1, -0.05) is 84.6 Å². The Morgan fingerprint density at radius 2 is 1.38 bits per heavy atom. The van der Waals surface area contributed by atoms with Gasteiger partial charge in [0.1, 0.15) is 0 Å². The molecule has 1 aromatic heterocycles. The second-order valence-corrected chi connectivity index (χ2v) is 6.97. The Bertz CT molecular complexity index is 945. The highest BCUT2D eigenvalue weighted by molar-refractivity contribution is 7.99. The molecule has 1 nitrogen and oxygen atoms in total. The molecule has 126 valence electrons. The van der Waals surface area contributed by atoms with Crippen LogP contribution in [0.3, 0.4) is 0 Å². The van der Waals surface area contributed by atoms with Crippen LogP contribution in [0.15, 0.2) is 118 Å². The molecule has 0 saturated carbocycles. The highest BCUT2D eigenvalue weighted by atomic mass is 32.2. The highest BCUT2D eigenvalue weighted by Gasteiger charge is 2.06. The summed E-state index contributed by atoms with van der Waals surface area (Å²) in [5, 5.41) is 0.900. The molecule has 1 heterocycles. The van der Waals surface area contributed by atoms with Gasteiger partial charge in [-0.3, -0.25) is 0 Å². The molecule has 0 unspecified atom stereocenters. The number of benzene rings is 3. The molecule has 4 rings (SSSR count). The van der Waals surface area contributed by atoms with Gasteiger partial charge in [0.05, 0.1) is 6.26 Å². The van der Waals surface area contributed by atoms with Crippen LogP contribution in [0.2, 0.25) is 0 Å². The van der Waals surface area contributed by atoms with Crippen molar-refractivity contribution in [1.29, 1.82) is 0 Å². The number of hydrogen-bond acceptors (Lipinski definition) is 2. The van der Waals surface area contributed by atoms with Crippen molar-refractivity contribution < 1.29 is 4.42 Å². The lowest BCUT2D eigenvalue weighted by Crippen LogP contribution is -1.88. The summed E-state index contributed by atoms with van der Waals surface area (Å²) < 4.78 is 5.44. The van der Waals surface area contributed by atoms with Crippen LogP contribution >= 0.6 is 11.8 Å². The van der Waals surface area contributed by atoms with E-state index in [1.807, 2.05) is 24.3 Å². The second kappa shape index (κ2) is 7.94. The van der Waals surface area contributed by atoms with Crippen LogP contribution in [-0.4, -0.2) is 0 Å². The Balaban J connectivity index is 1.73. The maximum atomic E-state index is 5.44. The Morgan fingerprint density at radius 1 is 0.692 bits per heavy atom. The molecule has 0 fully saturated rings. The van der Waals surface area contributed by atoms with Crippen LogP contribution in [0.25, 0.3) is 11.6 Å². The van der Waals surface area contributed by atoms with E-state index >= 15 is 0 Å². The summed E-state index contributed by atoms with van der Waals surface area (Å²) in [4.78, 5) is 1.16. The van der Waals surface area contributed by atoms with E-state index in [-0.39, 0.29) is 0 Å². The van der Waals surface area contributed by atoms with Crippen molar-refractivity contribution in [2.24, 2.45) is 0 Å². The quantitative estimate of drug-likeness (QED) is 0.357. The Kier molecular flexibility index (Phi) is 5.04. The first-order chi connectivity index (χ1) is 12.9. The van der Waals surface area contributed by atoms with Crippen molar-refractivity contribution in [2.75, 3.05) is 0 Å². The van der Waals surface area contributed by atoms with Gasteiger partial charge in [-0.05, 0) is 52.6 Å². The van der Waals surface area contributed by atoms with Crippen molar-refractivity contribution in [1.82, 2.24) is 0 Å². The zero-order chi connectivity index (χ0) is 17.6. The normalized spacial score (nSPS) is 10.5. The van der Waals surface area contributed by atoms with E-state index in [0.717, 1.165) is 9.99 Å². The molecule has 3 aromatic carbocycles. The van der Waals surface area contributed by atoms with E-state index in [4.69, 9.17) is 4.42 Å². The number of rotatable bonds is 5. The van der Waals surface area contributed by atoms with Crippen LogP contribution in [-0.2, 0) is 0 Å². The highest BCUT2D eigenvalue weighted by Crippen LogP contribution is 2.30. The fourth-order valence-electron chi connectivity index (χ4n) is 2.84. The van der Waals surface area contributed by atoms with Crippen LogP contribution in [0.1, 0.15) is 16.7 Å². The van der Waals surface area contributed by atoms with Crippen LogP contribution in [0.4, 0.5) is 0 Å². The lowest BCUT2D eigenvalue weighted by atomic mass is 9.96. The third kappa shape index (κ3) is 3.98. The van der Waals surface area contributed by atoms with Gasteiger partial charge in [-0.15, -0.1) is 0 Å². The minimum atomic E-state index is 0.900. The number of furan rings is 1. The summed E-state index contributed by atoms with van der Waals surface area (Å²) in [6.07, 6.45) is 3.95. The molecular formula is C24H18OS.